The second kappa shape index (κ2) is 48.0. The van der Waals surface area contributed by atoms with E-state index < -0.39 is 0 Å². The smallest absolute Gasteiger partial charge is 0.0411 e. The van der Waals surface area contributed by atoms with Crippen LogP contribution >= 0.6 is 0 Å². The highest BCUT2D eigenvalue weighted by atomic mass is 14.4. The lowest BCUT2D eigenvalue weighted by Crippen LogP contribution is -2.24. The van der Waals surface area contributed by atoms with Crippen LogP contribution in [0.4, 0.5) is 0 Å². The molecular weight excluding hydrogens is 973 g/mol. The molecule has 9 saturated carbocycles. The fourth-order valence-electron chi connectivity index (χ4n) is 19.2. The summed E-state index contributed by atoms with van der Waals surface area (Å²) < 4.78 is 0. The van der Waals surface area contributed by atoms with Gasteiger partial charge in [0.05, 0.1) is 0 Å². The predicted molar refractivity (Wildman–Crippen MR) is 379 cm³/mol. The highest BCUT2D eigenvalue weighted by molar-refractivity contribution is 4.85. The Bertz CT molecular complexity index is 1190. The van der Waals surface area contributed by atoms with Gasteiger partial charge in [0.2, 0.25) is 0 Å². The van der Waals surface area contributed by atoms with E-state index in [0.29, 0.717) is 0 Å². The highest BCUT2D eigenvalue weighted by Gasteiger charge is 2.33. The minimum absolute atomic E-state index is 0. The monoisotopic (exact) mass is 1140 g/mol. The van der Waals surface area contributed by atoms with Crippen LogP contribution in [0.15, 0.2) is 0 Å². The Morgan fingerprint density at radius 1 is 0.123 bits per heavy atom. The molecule has 9 aliphatic carbocycles. The van der Waals surface area contributed by atoms with Gasteiger partial charge in [-0.3, -0.25) is 0 Å². The molecule has 0 heterocycles. The first-order valence-corrected chi connectivity index (χ1v) is 35.3. The Hall–Kier alpha value is 0. The van der Waals surface area contributed by atoms with Crippen molar-refractivity contribution in [3.05, 3.63) is 0 Å². The number of hydrogen-bond donors (Lipinski definition) is 0. The Kier molecular flexibility index (Phi) is 50.5. The molecule has 9 rings (SSSR count). The molecule has 0 saturated heterocycles. The van der Waals surface area contributed by atoms with Gasteiger partial charge in [-0.25, -0.2) is 0 Å². The van der Waals surface area contributed by atoms with Crippen molar-refractivity contribution < 1.29 is 0 Å². The molecule has 0 N–H and O–H groups in total. The van der Waals surface area contributed by atoms with E-state index in [0.717, 1.165) is 107 Å². The minimum Gasteiger partial charge on any atom is -0.0776 e. The van der Waals surface area contributed by atoms with E-state index >= 15 is 0 Å². The van der Waals surface area contributed by atoms with Crippen LogP contribution in [0.2, 0.25) is 0 Å². The molecule has 0 unspecified atom stereocenters. The van der Waals surface area contributed by atoms with Crippen LogP contribution in [0.3, 0.4) is 0 Å². The van der Waals surface area contributed by atoms with Crippen molar-refractivity contribution in [2.45, 2.75) is 417 Å². The predicted octanol–water partition coefficient (Wildman–Crippen LogP) is 29.7. The zero-order valence-electron chi connectivity index (χ0n) is 50.3. The Balaban J connectivity index is -0.00000111. The van der Waals surface area contributed by atoms with Crippen LogP contribution in [0.1, 0.15) is 417 Å². The zero-order chi connectivity index (χ0) is 50.3. The summed E-state index contributed by atoms with van der Waals surface area (Å²) >= 11 is 0. The molecule has 0 aromatic rings. The van der Waals surface area contributed by atoms with Crippen molar-refractivity contribution in [2.75, 3.05) is 0 Å². The molecule has 0 aromatic carbocycles. The molecule has 0 aromatic heterocycles. The summed E-state index contributed by atoms with van der Waals surface area (Å²) in [5, 5.41) is 0. The van der Waals surface area contributed by atoms with Gasteiger partial charge in [-0.15, -0.1) is 0 Å². The highest BCUT2D eigenvalue weighted by Crippen LogP contribution is 2.46. The normalized spacial score (nSPS) is 36.7. The second-order valence-corrected chi connectivity index (χ2v) is 29.8. The molecule has 0 radical (unpaired) electrons. The van der Waals surface area contributed by atoms with Gasteiger partial charge in [0.15, 0.2) is 0 Å². The standard InChI is InChI=1S/C31H56.C24H44.C17H32.9CH4/c1-3-24-5-9-26(10-6-24)21-28-13-17-30(18-14-28)23-31-19-15-29(16-20-31)22-27-11-7-25(4-2)8-12-27;1-3-19-5-9-21(10-6-19)17-23-13-15-24(16-14-23)18-22-11-7-20(4-2)8-12-22;1-3-14-5-9-16(10-6-14)13-17-11-7-15(4-2)8-12-17;;;;;;;;;/h24-31H,3-23H2,1-2H3;19-24H,3-18H2,1-2H3;14-17H,3-13H2,1-2H3;9*1H4. The molecule has 0 heteroatoms. The summed E-state index contributed by atoms with van der Waals surface area (Å²) in [6, 6.07) is 0. The lowest BCUT2D eigenvalue weighted by molar-refractivity contribution is 0.152. The Labute approximate surface area is 520 Å². The average molecular weight is 1140 g/mol. The lowest BCUT2D eigenvalue weighted by Gasteiger charge is -2.37. The largest absolute Gasteiger partial charge is 0.0776 e. The zero-order valence-corrected chi connectivity index (χ0v) is 50.3. The van der Waals surface area contributed by atoms with Crippen LogP contribution in [0, 0.1) is 107 Å². The first kappa shape index (κ1) is 85.2. The summed E-state index contributed by atoms with van der Waals surface area (Å²) in [5.74, 6) is 19.6. The molecule has 9 aliphatic rings. The molecule has 9 fully saturated rings. The van der Waals surface area contributed by atoms with Crippen LogP contribution in [0.25, 0.3) is 0 Å². The van der Waals surface area contributed by atoms with E-state index in [9.17, 15) is 0 Å². The third-order valence-electron chi connectivity index (χ3n) is 25.2. The lowest BCUT2D eigenvalue weighted by atomic mass is 9.69. The van der Waals surface area contributed by atoms with Crippen molar-refractivity contribution in [1.29, 1.82) is 0 Å². The van der Waals surface area contributed by atoms with Gasteiger partial charge in [-0.1, -0.05) is 378 Å². The van der Waals surface area contributed by atoms with E-state index in [2.05, 4.69) is 41.5 Å². The molecule has 492 valence electrons. The SMILES string of the molecule is C.C.C.C.C.C.C.C.C.CCC1CCC(CC2CCC(CC)CC2)CC1.CCC1CCC(CC2CCC(CC3CCC(CC)CC3)CC2)CC1.CCC1CCC(CC2CCC(CC3CCC(CC4CCC(CC)CC4)CC3)CC2)CC1. The fraction of sp³-hybridized carbons (Fsp3) is 1.00. The summed E-state index contributed by atoms with van der Waals surface area (Å²) in [4.78, 5) is 0. The minimum atomic E-state index is 0. The maximum atomic E-state index is 2.40. The molecule has 0 nitrogen and oxygen atoms in total. The molecule has 81 heavy (non-hydrogen) atoms. The van der Waals surface area contributed by atoms with Gasteiger partial charge in [0.1, 0.15) is 0 Å². The van der Waals surface area contributed by atoms with Crippen molar-refractivity contribution >= 4 is 0 Å². The summed E-state index contributed by atoms with van der Waals surface area (Å²) in [7, 11) is 0. The van der Waals surface area contributed by atoms with Gasteiger partial charge in [0.25, 0.3) is 0 Å². The van der Waals surface area contributed by atoms with E-state index in [4.69, 9.17) is 0 Å². The summed E-state index contributed by atoms with van der Waals surface area (Å²) in [5.41, 5.74) is 0. The van der Waals surface area contributed by atoms with Crippen LogP contribution in [-0.2, 0) is 0 Å². The first-order chi connectivity index (χ1) is 35.3. The van der Waals surface area contributed by atoms with E-state index in [1.807, 2.05) is 0 Å². The Morgan fingerprint density at radius 3 is 0.247 bits per heavy atom. The molecular formula is C81H168. The third kappa shape index (κ3) is 30.7. The number of hydrogen-bond acceptors (Lipinski definition) is 0. The van der Waals surface area contributed by atoms with E-state index in [-0.39, 0.29) is 66.8 Å². The van der Waals surface area contributed by atoms with Crippen molar-refractivity contribution in [3.63, 3.8) is 0 Å². The maximum Gasteiger partial charge on any atom is -0.0411 e. The second-order valence-electron chi connectivity index (χ2n) is 29.8. The van der Waals surface area contributed by atoms with Gasteiger partial charge in [0, 0.05) is 0 Å². The number of rotatable bonds is 18. The third-order valence-corrected chi connectivity index (χ3v) is 25.2. The van der Waals surface area contributed by atoms with Gasteiger partial charge < -0.3 is 0 Å². The van der Waals surface area contributed by atoms with Crippen molar-refractivity contribution in [1.82, 2.24) is 0 Å². The van der Waals surface area contributed by atoms with Crippen LogP contribution in [-0.4, -0.2) is 0 Å². The van der Waals surface area contributed by atoms with Crippen molar-refractivity contribution in [2.24, 2.45) is 107 Å². The summed E-state index contributed by atoms with van der Waals surface area (Å²) in [6.07, 6.45) is 74.1. The molecule has 0 aliphatic heterocycles. The van der Waals surface area contributed by atoms with E-state index in [1.165, 1.54) is 89.9 Å². The topological polar surface area (TPSA) is 0 Å². The maximum absolute atomic E-state index is 2.40. The van der Waals surface area contributed by atoms with E-state index in [1.54, 1.807) is 218 Å². The Morgan fingerprint density at radius 2 is 0.185 bits per heavy atom. The average Bonchev–Trinajstić information content (AvgIpc) is 3.44. The molecule has 0 spiro atoms. The van der Waals surface area contributed by atoms with Crippen LogP contribution < -0.4 is 0 Å². The van der Waals surface area contributed by atoms with Gasteiger partial charge in [-0.05, 0) is 145 Å². The van der Waals surface area contributed by atoms with Gasteiger partial charge >= 0.3 is 0 Å². The molecule has 0 bridgehead atoms. The van der Waals surface area contributed by atoms with Gasteiger partial charge in [-0.2, -0.15) is 0 Å². The summed E-state index contributed by atoms with van der Waals surface area (Å²) in [6.45, 7) is 14.3. The quantitative estimate of drug-likeness (QED) is 0.128. The fourth-order valence-corrected chi connectivity index (χ4v) is 19.2. The first-order valence-electron chi connectivity index (χ1n) is 35.3. The molecule has 0 amide bonds. The van der Waals surface area contributed by atoms with Crippen molar-refractivity contribution in [3.8, 4) is 0 Å². The molecule has 0 atom stereocenters. The van der Waals surface area contributed by atoms with Crippen LogP contribution in [0.5, 0.6) is 0 Å².